The van der Waals surface area contributed by atoms with Gasteiger partial charge in [-0.05, 0) is 12.1 Å². The van der Waals surface area contributed by atoms with E-state index in [1.807, 2.05) is 0 Å². The van der Waals surface area contributed by atoms with Gasteiger partial charge in [0.1, 0.15) is 22.7 Å². The van der Waals surface area contributed by atoms with E-state index in [-0.39, 0.29) is 0 Å². The first-order valence-corrected chi connectivity index (χ1v) is 11.2. The summed E-state index contributed by atoms with van der Waals surface area (Å²) >= 11 is 0. The van der Waals surface area contributed by atoms with Crippen molar-refractivity contribution < 1.29 is 35.1 Å². The highest BCUT2D eigenvalue weighted by Gasteiger charge is 2.29. The topological polar surface area (TPSA) is 68.7 Å². The molecule has 14 heteroatoms. The Labute approximate surface area is 211 Å². The lowest BCUT2D eigenvalue weighted by atomic mass is 10.0. The van der Waals surface area contributed by atoms with Crippen molar-refractivity contribution in [1.29, 1.82) is 0 Å². The minimum Gasteiger partial charge on any atom is -0.268 e. The van der Waals surface area contributed by atoms with Gasteiger partial charge < -0.3 is 0 Å². The molecule has 4 heterocycles. The molecule has 0 aliphatic carbocycles. The van der Waals surface area contributed by atoms with Gasteiger partial charge in [0.05, 0.1) is 32.6 Å². The van der Waals surface area contributed by atoms with E-state index in [2.05, 4.69) is 9.97 Å². The second-order valence-electron chi connectivity index (χ2n) is 9.18. The van der Waals surface area contributed by atoms with Gasteiger partial charge in [-0.1, -0.05) is 0 Å². The zero-order valence-corrected chi connectivity index (χ0v) is 18.9. The van der Waals surface area contributed by atoms with Crippen LogP contribution in [0.1, 0.15) is 0 Å². The molecule has 0 radical (unpaired) electrons. The summed E-state index contributed by atoms with van der Waals surface area (Å²) < 4.78 is 117. The third-order valence-corrected chi connectivity index (χ3v) is 7.21. The van der Waals surface area contributed by atoms with E-state index in [1.165, 1.54) is 0 Å². The van der Waals surface area contributed by atoms with Crippen molar-refractivity contribution in [2.75, 3.05) is 0 Å². The standard InChI is InChI=1S/C26H4F8N4O2/c27-9-3-11-21(19(33)17(9)31)35-23-13-7(25(39)37(11)23)1-5-6(16(13)30)2-8-14(15(5)29)24-36-22-12(38(24)26(8)40)4-10(28)18(32)20(22)34/h1-4H. The second kappa shape index (κ2) is 6.89. The smallest absolute Gasteiger partial charge is 0.265 e. The summed E-state index contributed by atoms with van der Waals surface area (Å²) in [6, 6.07) is 2.87. The number of halogens is 8. The molecule has 0 spiro atoms. The minimum atomic E-state index is -1.85. The van der Waals surface area contributed by atoms with Crippen LogP contribution in [0.25, 0.3) is 65.7 Å². The van der Waals surface area contributed by atoms with E-state index in [9.17, 15) is 35.9 Å². The lowest BCUT2D eigenvalue weighted by molar-refractivity contribution is 0.452. The second-order valence-corrected chi connectivity index (χ2v) is 9.18. The number of nitrogens with zero attached hydrogens (tertiary/aromatic N) is 4. The van der Waals surface area contributed by atoms with Crippen LogP contribution in [0.2, 0.25) is 0 Å². The Morgan fingerprint density at radius 2 is 0.850 bits per heavy atom. The average Bonchev–Trinajstić information content (AvgIpc) is 3.62. The van der Waals surface area contributed by atoms with Crippen LogP contribution in [0.4, 0.5) is 35.1 Å². The predicted octanol–water partition coefficient (Wildman–Crippen LogP) is 5.46. The average molecular weight is 556 g/mol. The maximum atomic E-state index is 16.0. The zero-order chi connectivity index (χ0) is 28.1. The van der Waals surface area contributed by atoms with Crippen LogP contribution in [0.15, 0.2) is 33.9 Å². The Kier molecular flexibility index (Phi) is 3.93. The first kappa shape index (κ1) is 22.8. The molecular formula is C26H4F8N4O2. The van der Waals surface area contributed by atoms with E-state index in [0.717, 1.165) is 12.1 Å². The van der Waals surface area contributed by atoms with Crippen LogP contribution >= 0.6 is 0 Å². The van der Waals surface area contributed by atoms with E-state index < -0.39 is 123 Å². The van der Waals surface area contributed by atoms with Crippen molar-refractivity contribution >= 4 is 65.7 Å². The van der Waals surface area contributed by atoms with Crippen LogP contribution in [0, 0.1) is 46.5 Å². The van der Waals surface area contributed by atoms with Crippen LogP contribution in [-0.4, -0.2) is 18.8 Å². The molecule has 0 aliphatic rings. The number of fused-ring (bicyclic) bond motifs is 11. The normalized spacial score (nSPS) is 12.7. The van der Waals surface area contributed by atoms with Crippen LogP contribution < -0.4 is 11.1 Å². The van der Waals surface area contributed by atoms with Crippen LogP contribution in [-0.2, 0) is 0 Å². The third kappa shape index (κ3) is 2.36. The highest BCUT2D eigenvalue weighted by Crippen LogP contribution is 2.37. The quantitative estimate of drug-likeness (QED) is 0.184. The number of benzene rings is 4. The molecule has 8 aromatic rings. The van der Waals surface area contributed by atoms with Gasteiger partial charge in [-0.3, -0.25) is 18.4 Å². The Bertz CT molecular complexity index is 2450. The van der Waals surface area contributed by atoms with Crippen LogP contribution in [0.5, 0.6) is 0 Å². The molecule has 196 valence electrons. The lowest BCUT2D eigenvalue weighted by Crippen LogP contribution is -2.07. The van der Waals surface area contributed by atoms with E-state index in [4.69, 9.17) is 0 Å². The Morgan fingerprint density at radius 3 is 1.23 bits per heavy atom. The summed E-state index contributed by atoms with van der Waals surface area (Å²) in [7, 11) is 0. The van der Waals surface area contributed by atoms with Crippen molar-refractivity contribution in [3.63, 3.8) is 0 Å². The Hall–Kier alpha value is -5.14. The lowest BCUT2D eigenvalue weighted by Gasteiger charge is -2.04. The summed E-state index contributed by atoms with van der Waals surface area (Å²) in [6.07, 6.45) is 0. The highest BCUT2D eigenvalue weighted by atomic mass is 19.2. The molecule has 0 saturated carbocycles. The van der Waals surface area contributed by atoms with Gasteiger partial charge >= 0.3 is 0 Å². The van der Waals surface area contributed by atoms with Gasteiger partial charge in [0.25, 0.3) is 11.1 Å². The van der Waals surface area contributed by atoms with E-state index in [1.54, 1.807) is 0 Å². The summed E-state index contributed by atoms with van der Waals surface area (Å²) in [5.41, 5.74) is -5.57. The van der Waals surface area contributed by atoms with Crippen molar-refractivity contribution in [3.8, 4) is 0 Å². The molecule has 4 aromatic carbocycles. The number of imidazole rings is 2. The predicted molar refractivity (Wildman–Crippen MR) is 126 cm³/mol. The van der Waals surface area contributed by atoms with E-state index in [0.29, 0.717) is 20.9 Å². The van der Waals surface area contributed by atoms with Crippen LogP contribution in [0.3, 0.4) is 0 Å². The molecule has 0 bridgehead atoms. The number of hydrogen-bond acceptors (Lipinski definition) is 4. The summed E-state index contributed by atoms with van der Waals surface area (Å²) in [5, 5.41) is -3.00. The van der Waals surface area contributed by atoms with E-state index >= 15 is 8.78 Å². The van der Waals surface area contributed by atoms with Gasteiger partial charge in [0.2, 0.25) is 0 Å². The van der Waals surface area contributed by atoms with Gasteiger partial charge in [0.15, 0.2) is 46.2 Å². The van der Waals surface area contributed by atoms with Crippen molar-refractivity contribution in [1.82, 2.24) is 18.8 Å². The third-order valence-electron chi connectivity index (χ3n) is 7.21. The fourth-order valence-electron chi connectivity index (χ4n) is 5.46. The molecule has 0 aliphatic heterocycles. The number of hydrogen-bond donors (Lipinski definition) is 0. The molecule has 6 nitrogen and oxygen atoms in total. The van der Waals surface area contributed by atoms with Crippen molar-refractivity contribution in [2.24, 2.45) is 0 Å². The Balaban J connectivity index is 1.57. The van der Waals surface area contributed by atoms with Gasteiger partial charge in [-0.15, -0.1) is 0 Å². The highest BCUT2D eigenvalue weighted by molar-refractivity contribution is 6.13. The first-order chi connectivity index (χ1) is 19.0. The monoisotopic (exact) mass is 556 g/mol. The fourth-order valence-corrected chi connectivity index (χ4v) is 5.46. The van der Waals surface area contributed by atoms with Crippen molar-refractivity contribution in [2.45, 2.75) is 0 Å². The summed E-state index contributed by atoms with van der Waals surface area (Å²) in [6.45, 7) is 0. The molecule has 0 saturated heterocycles. The van der Waals surface area contributed by atoms with Crippen molar-refractivity contribution in [3.05, 3.63) is 91.5 Å². The molecule has 4 aromatic heterocycles. The van der Waals surface area contributed by atoms with Gasteiger partial charge in [0, 0.05) is 22.9 Å². The molecule has 0 N–H and O–H groups in total. The molecule has 8 rings (SSSR count). The molecule has 40 heavy (non-hydrogen) atoms. The first-order valence-electron chi connectivity index (χ1n) is 11.2. The zero-order valence-electron chi connectivity index (χ0n) is 18.9. The molecule has 0 atom stereocenters. The number of rotatable bonds is 0. The SMILES string of the molecule is O=c1c2cc3c(F)c4c(cc3c(F)c2c2nc3c(F)c(F)c(F)cc3n12)c(=O)n1c2cc(F)c(F)c(F)c2nc41. The van der Waals surface area contributed by atoms with Gasteiger partial charge in [-0.25, -0.2) is 45.1 Å². The molecule has 0 unspecified atom stereocenters. The molecule has 0 fully saturated rings. The largest absolute Gasteiger partial charge is 0.268 e. The van der Waals surface area contributed by atoms with Gasteiger partial charge in [-0.2, -0.15) is 0 Å². The summed E-state index contributed by atoms with van der Waals surface area (Å²) in [4.78, 5) is 34.0. The summed E-state index contributed by atoms with van der Waals surface area (Å²) in [5.74, 6) is -12.8. The molecule has 0 amide bonds. The number of aromatic nitrogens is 4. The minimum absolute atomic E-state index is 0.452. The maximum Gasteiger partial charge on any atom is 0.265 e. The maximum absolute atomic E-state index is 16.0. The Morgan fingerprint density at radius 1 is 0.475 bits per heavy atom. The fraction of sp³-hybridized carbons (Fsp3) is 0. The molecular weight excluding hydrogens is 552 g/mol.